The number of aryl methyl sites for hydroxylation is 1. The first-order valence-corrected chi connectivity index (χ1v) is 12.3. The van der Waals surface area contributed by atoms with Crippen LogP contribution in [0, 0.1) is 6.92 Å². The van der Waals surface area contributed by atoms with E-state index in [2.05, 4.69) is 86.6 Å². The second kappa shape index (κ2) is 6.93. The summed E-state index contributed by atoms with van der Waals surface area (Å²) in [5.41, 5.74) is 6.57. The molecule has 4 nitrogen and oxygen atoms in total. The van der Waals surface area contributed by atoms with Crippen molar-refractivity contribution in [2.45, 2.75) is 103 Å². The van der Waals surface area contributed by atoms with Gasteiger partial charge in [0.1, 0.15) is 0 Å². The molecule has 1 aliphatic carbocycles. The molecule has 1 aromatic carbocycles. The quantitative estimate of drug-likeness (QED) is 0.472. The molecule has 1 aromatic heterocycles. The van der Waals surface area contributed by atoms with Gasteiger partial charge in [-0.05, 0) is 86.6 Å². The number of hydrogen-bond acceptors (Lipinski definition) is 4. The highest BCUT2D eigenvalue weighted by Crippen LogP contribution is 2.51. The predicted octanol–water partition coefficient (Wildman–Crippen LogP) is 5.31. The fourth-order valence-electron chi connectivity index (χ4n) is 5.43. The van der Waals surface area contributed by atoms with Crippen LogP contribution in [-0.4, -0.2) is 29.9 Å². The molecule has 3 aliphatic rings. The summed E-state index contributed by atoms with van der Waals surface area (Å²) in [5.74, 6) is 0. The topological polar surface area (TPSA) is 43.9 Å². The van der Waals surface area contributed by atoms with Crippen LogP contribution in [0.1, 0.15) is 96.2 Å². The molecular formula is C28H38BNO3. The summed E-state index contributed by atoms with van der Waals surface area (Å²) in [7, 11) is -0.402. The van der Waals surface area contributed by atoms with Crippen molar-refractivity contribution >= 4 is 12.6 Å². The highest BCUT2D eigenvalue weighted by Gasteiger charge is 2.54. The van der Waals surface area contributed by atoms with Gasteiger partial charge in [-0.2, -0.15) is 0 Å². The Kier molecular flexibility index (Phi) is 4.85. The summed E-state index contributed by atoms with van der Waals surface area (Å²) in [5, 5.41) is 0. The van der Waals surface area contributed by atoms with Crippen molar-refractivity contribution in [3.05, 3.63) is 58.4 Å². The number of ether oxygens (including phenoxy) is 1. The van der Waals surface area contributed by atoms with Gasteiger partial charge in [0, 0.05) is 11.7 Å². The lowest BCUT2D eigenvalue weighted by molar-refractivity contribution is 0.00578. The maximum Gasteiger partial charge on any atom is 0.496 e. The van der Waals surface area contributed by atoms with Crippen LogP contribution in [0.3, 0.4) is 0 Å². The van der Waals surface area contributed by atoms with E-state index >= 15 is 0 Å². The fraction of sp³-hybridized carbons (Fsp3) is 0.607. The van der Waals surface area contributed by atoms with Crippen molar-refractivity contribution < 1.29 is 14.0 Å². The Hall–Kier alpha value is -1.69. The Balaban J connectivity index is 1.50. The van der Waals surface area contributed by atoms with Crippen molar-refractivity contribution in [3.8, 4) is 0 Å². The van der Waals surface area contributed by atoms with Crippen LogP contribution in [0.5, 0.6) is 0 Å². The van der Waals surface area contributed by atoms with Crippen LogP contribution in [0.4, 0.5) is 0 Å². The third-order valence-electron chi connectivity index (χ3n) is 8.79. The Morgan fingerprint density at radius 3 is 1.82 bits per heavy atom. The lowest BCUT2D eigenvalue weighted by atomic mass is 9.62. The highest BCUT2D eigenvalue weighted by molar-refractivity contribution is 6.62. The van der Waals surface area contributed by atoms with E-state index in [0.717, 1.165) is 11.2 Å². The van der Waals surface area contributed by atoms with E-state index in [-0.39, 0.29) is 22.0 Å². The minimum absolute atomic E-state index is 0.164. The molecule has 2 saturated heterocycles. The van der Waals surface area contributed by atoms with E-state index in [9.17, 15) is 0 Å². The molecule has 1 atom stereocenters. The molecule has 1 unspecified atom stereocenters. The molecule has 3 heterocycles. The van der Waals surface area contributed by atoms with Gasteiger partial charge in [0.05, 0.1) is 23.5 Å². The lowest BCUT2D eigenvalue weighted by Crippen LogP contribution is -2.41. The van der Waals surface area contributed by atoms with E-state index < -0.39 is 12.7 Å². The van der Waals surface area contributed by atoms with Gasteiger partial charge in [-0.3, -0.25) is 4.98 Å². The molecule has 5 heteroatoms. The number of pyridine rings is 1. The Bertz CT molecular complexity index is 1080. The fourth-order valence-corrected chi connectivity index (χ4v) is 5.43. The minimum Gasteiger partial charge on any atom is -0.399 e. The summed E-state index contributed by atoms with van der Waals surface area (Å²) in [6.07, 6.45) is 4.31. The maximum absolute atomic E-state index is 6.21. The summed E-state index contributed by atoms with van der Waals surface area (Å²) >= 11 is 0. The van der Waals surface area contributed by atoms with Crippen LogP contribution in [0.25, 0.3) is 0 Å². The second-order valence-corrected chi connectivity index (χ2v) is 12.7. The number of aromatic nitrogens is 1. The van der Waals surface area contributed by atoms with E-state index in [1.807, 2.05) is 6.20 Å². The van der Waals surface area contributed by atoms with Crippen LogP contribution in [-0.2, 0) is 30.5 Å². The van der Waals surface area contributed by atoms with Crippen LogP contribution in [0.15, 0.2) is 30.5 Å². The van der Waals surface area contributed by atoms with Gasteiger partial charge in [-0.15, -0.1) is 0 Å². The van der Waals surface area contributed by atoms with Gasteiger partial charge in [0.15, 0.2) is 5.60 Å². The first-order chi connectivity index (χ1) is 15.2. The predicted molar refractivity (Wildman–Crippen MR) is 133 cm³/mol. The van der Waals surface area contributed by atoms with E-state index in [1.54, 1.807) is 0 Å². The number of epoxide rings is 1. The Morgan fingerprint density at radius 1 is 0.788 bits per heavy atom. The van der Waals surface area contributed by atoms with Gasteiger partial charge >= 0.3 is 7.12 Å². The monoisotopic (exact) mass is 447 g/mol. The van der Waals surface area contributed by atoms with Crippen LogP contribution in [0.2, 0.25) is 0 Å². The molecular weight excluding hydrogens is 409 g/mol. The zero-order valence-corrected chi connectivity index (χ0v) is 21.8. The molecule has 2 aliphatic heterocycles. The smallest absolute Gasteiger partial charge is 0.399 e. The van der Waals surface area contributed by atoms with E-state index in [1.165, 1.54) is 35.1 Å². The summed E-state index contributed by atoms with van der Waals surface area (Å²) in [4.78, 5) is 4.86. The standard InChI is InChI=1S/C28H38BNO3/c1-18-14-21-22(25(4,5)13-12-24(21,2)3)15-20(18)28(17-31-28)23-11-10-19(16-30-23)29-32-26(6,7)27(8,9)33-29/h10-11,14-16H,12-13,17H2,1-9H3. The molecule has 0 spiro atoms. The van der Waals surface area contributed by atoms with Gasteiger partial charge in [-0.1, -0.05) is 45.9 Å². The number of hydrogen-bond donors (Lipinski definition) is 0. The van der Waals surface area contributed by atoms with Crippen LogP contribution >= 0.6 is 0 Å². The lowest BCUT2D eigenvalue weighted by Gasteiger charge is -2.42. The molecule has 2 aromatic rings. The third kappa shape index (κ3) is 3.50. The third-order valence-corrected chi connectivity index (χ3v) is 8.79. The number of rotatable bonds is 3. The number of nitrogens with zero attached hydrogens (tertiary/aromatic N) is 1. The first kappa shape index (κ1) is 23.1. The van der Waals surface area contributed by atoms with Crippen LogP contribution < -0.4 is 5.46 Å². The zero-order chi connectivity index (χ0) is 24.0. The Labute approximate surface area is 199 Å². The molecule has 33 heavy (non-hydrogen) atoms. The SMILES string of the molecule is Cc1cc2c(cc1C1(c3ccc(B4OC(C)(C)C(C)(C)O4)cn3)CO1)C(C)(C)CCC2(C)C. The molecule has 0 amide bonds. The highest BCUT2D eigenvalue weighted by atomic mass is 16.7. The van der Waals surface area contributed by atoms with Crippen molar-refractivity contribution in [3.63, 3.8) is 0 Å². The normalized spacial score (nSPS) is 28.5. The molecule has 176 valence electrons. The van der Waals surface area contributed by atoms with E-state index in [4.69, 9.17) is 19.0 Å². The van der Waals surface area contributed by atoms with Gasteiger partial charge in [-0.25, -0.2) is 0 Å². The molecule has 0 radical (unpaired) electrons. The van der Waals surface area contributed by atoms with Crippen molar-refractivity contribution in [1.29, 1.82) is 0 Å². The minimum atomic E-state index is -0.453. The molecule has 2 fully saturated rings. The zero-order valence-electron chi connectivity index (χ0n) is 21.8. The molecule has 5 rings (SSSR count). The maximum atomic E-state index is 6.21. The molecule has 0 bridgehead atoms. The Morgan fingerprint density at radius 2 is 1.33 bits per heavy atom. The van der Waals surface area contributed by atoms with Crippen molar-refractivity contribution in [1.82, 2.24) is 4.98 Å². The van der Waals surface area contributed by atoms with Gasteiger partial charge in [0.25, 0.3) is 0 Å². The number of fused-ring (bicyclic) bond motifs is 1. The second-order valence-electron chi connectivity index (χ2n) is 12.7. The summed E-state index contributed by atoms with van der Waals surface area (Å²) < 4.78 is 18.6. The van der Waals surface area contributed by atoms with Crippen molar-refractivity contribution in [2.24, 2.45) is 0 Å². The average molecular weight is 447 g/mol. The summed E-state index contributed by atoms with van der Waals surface area (Å²) in [6, 6.07) is 8.99. The van der Waals surface area contributed by atoms with Crippen molar-refractivity contribution in [2.75, 3.05) is 6.61 Å². The average Bonchev–Trinajstić information content (AvgIpc) is 3.48. The first-order valence-electron chi connectivity index (χ1n) is 12.3. The molecule has 0 N–H and O–H groups in total. The molecule has 0 saturated carbocycles. The van der Waals surface area contributed by atoms with Gasteiger partial charge in [0.2, 0.25) is 0 Å². The largest absolute Gasteiger partial charge is 0.496 e. The van der Waals surface area contributed by atoms with Gasteiger partial charge < -0.3 is 14.0 Å². The summed E-state index contributed by atoms with van der Waals surface area (Å²) in [6.45, 7) is 20.7. The number of benzene rings is 1. The van der Waals surface area contributed by atoms with E-state index in [0.29, 0.717) is 6.61 Å².